The number of carbonyl (C=O) groups is 2. The Bertz CT molecular complexity index is 624. The lowest BCUT2D eigenvalue weighted by atomic mass is 10.1. The SMILES string of the molecule is O=C1CCN(Cc2ccccc2)C(=O)CCN1Cc1ccccc1. The molecule has 1 saturated heterocycles. The largest absolute Gasteiger partial charge is 0.338 e. The number of hydrogen-bond donors (Lipinski definition) is 0. The average molecular weight is 322 g/mol. The normalized spacial score (nSPS) is 16.0. The van der Waals surface area contributed by atoms with Gasteiger partial charge in [-0.1, -0.05) is 60.7 Å². The van der Waals surface area contributed by atoms with E-state index >= 15 is 0 Å². The molecule has 24 heavy (non-hydrogen) atoms. The predicted molar refractivity (Wildman–Crippen MR) is 93.0 cm³/mol. The highest BCUT2D eigenvalue weighted by atomic mass is 16.2. The van der Waals surface area contributed by atoms with Gasteiger partial charge in [0.25, 0.3) is 0 Å². The topological polar surface area (TPSA) is 40.6 Å². The molecule has 0 aromatic heterocycles. The molecule has 1 aliphatic rings. The van der Waals surface area contributed by atoms with Crippen molar-refractivity contribution in [1.29, 1.82) is 0 Å². The van der Waals surface area contributed by atoms with Gasteiger partial charge in [0.15, 0.2) is 0 Å². The van der Waals surface area contributed by atoms with Gasteiger partial charge in [-0.2, -0.15) is 0 Å². The first-order valence-electron chi connectivity index (χ1n) is 8.36. The molecule has 4 nitrogen and oxygen atoms in total. The van der Waals surface area contributed by atoms with Gasteiger partial charge in [-0.15, -0.1) is 0 Å². The van der Waals surface area contributed by atoms with Crippen LogP contribution >= 0.6 is 0 Å². The Labute approximate surface area is 142 Å². The summed E-state index contributed by atoms with van der Waals surface area (Å²) in [6.07, 6.45) is 0.761. The van der Waals surface area contributed by atoms with Gasteiger partial charge in [-0.25, -0.2) is 0 Å². The predicted octanol–water partition coefficient (Wildman–Crippen LogP) is 2.84. The molecule has 2 amide bonds. The first-order valence-corrected chi connectivity index (χ1v) is 8.36. The number of rotatable bonds is 4. The third-order valence-electron chi connectivity index (χ3n) is 4.33. The van der Waals surface area contributed by atoms with Gasteiger partial charge in [0.2, 0.25) is 11.8 Å². The molecule has 0 aliphatic carbocycles. The van der Waals surface area contributed by atoms with Crippen LogP contribution in [0, 0.1) is 0 Å². The van der Waals surface area contributed by atoms with Crippen LogP contribution in [0.5, 0.6) is 0 Å². The van der Waals surface area contributed by atoms with Gasteiger partial charge in [0.1, 0.15) is 0 Å². The van der Waals surface area contributed by atoms with E-state index in [1.165, 1.54) is 0 Å². The van der Waals surface area contributed by atoms with E-state index in [2.05, 4.69) is 0 Å². The molecule has 1 fully saturated rings. The van der Waals surface area contributed by atoms with E-state index in [9.17, 15) is 9.59 Å². The van der Waals surface area contributed by atoms with Crippen molar-refractivity contribution in [3.05, 3.63) is 71.8 Å². The minimum absolute atomic E-state index is 0.115. The highest BCUT2D eigenvalue weighted by Gasteiger charge is 2.23. The second-order valence-electron chi connectivity index (χ2n) is 6.10. The van der Waals surface area contributed by atoms with Crippen molar-refractivity contribution in [1.82, 2.24) is 9.80 Å². The fourth-order valence-electron chi connectivity index (χ4n) is 2.97. The molecule has 4 heteroatoms. The van der Waals surface area contributed by atoms with Crippen LogP contribution in [0.25, 0.3) is 0 Å². The van der Waals surface area contributed by atoms with Crippen LogP contribution in [-0.4, -0.2) is 34.7 Å². The Kier molecular flexibility index (Phi) is 5.26. The molecule has 0 unspecified atom stereocenters. The Morgan fingerprint density at radius 3 is 1.38 bits per heavy atom. The maximum Gasteiger partial charge on any atom is 0.224 e. The van der Waals surface area contributed by atoms with Crippen LogP contribution in [-0.2, 0) is 22.7 Å². The van der Waals surface area contributed by atoms with Crippen molar-refractivity contribution in [2.45, 2.75) is 25.9 Å². The molecule has 0 bridgehead atoms. The average Bonchev–Trinajstić information content (AvgIpc) is 2.62. The van der Waals surface area contributed by atoms with Crippen LogP contribution < -0.4 is 0 Å². The Morgan fingerprint density at radius 1 is 0.625 bits per heavy atom. The van der Waals surface area contributed by atoms with E-state index in [4.69, 9.17) is 0 Å². The minimum atomic E-state index is 0.115. The lowest BCUT2D eigenvalue weighted by Crippen LogP contribution is -2.42. The lowest BCUT2D eigenvalue weighted by molar-refractivity contribution is -0.139. The van der Waals surface area contributed by atoms with Crippen molar-refractivity contribution in [2.75, 3.05) is 13.1 Å². The van der Waals surface area contributed by atoms with E-state index in [-0.39, 0.29) is 11.8 Å². The Hall–Kier alpha value is -2.62. The van der Waals surface area contributed by atoms with Crippen LogP contribution in [0.15, 0.2) is 60.7 Å². The van der Waals surface area contributed by atoms with E-state index in [0.717, 1.165) is 11.1 Å². The quantitative estimate of drug-likeness (QED) is 0.868. The summed E-state index contributed by atoms with van der Waals surface area (Å²) in [7, 11) is 0. The van der Waals surface area contributed by atoms with Crippen LogP contribution in [0.2, 0.25) is 0 Å². The minimum Gasteiger partial charge on any atom is -0.338 e. The molecule has 1 heterocycles. The number of benzene rings is 2. The van der Waals surface area contributed by atoms with Crippen LogP contribution in [0.4, 0.5) is 0 Å². The second-order valence-corrected chi connectivity index (χ2v) is 6.10. The third kappa shape index (κ3) is 4.22. The first-order chi connectivity index (χ1) is 11.7. The Balaban J connectivity index is 1.63. The van der Waals surface area contributed by atoms with Gasteiger partial charge >= 0.3 is 0 Å². The molecule has 0 saturated carbocycles. The smallest absolute Gasteiger partial charge is 0.224 e. The zero-order valence-electron chi connectivity index (χ0n) is 13.7. The zero-order chi connectivity index (χ0) is 16.8. The van der Waals surface area contributed by atoms with E-state index in [1.54, 1.807) is 9.80 Å². The van der Waals surface area contributed by atoms with Crippen molar-refractivity contribution < 1.29 is 9.59 Å². The highest BCUT2D eigenvalue weighted by molar-refractivity contribution is 5.81. The molecule has 124 valence electrons. The van der Waals surface area contributed by atoms with Crippen molar-refractivity contribution in [3.63, 3.8) is 0 Å². The molecule has 0 N–H and O–H groups in total. The summed E-state index contributed by atoms with van der Waals surface area (Å²) in [5, 5.41) is 0. The number of amides is 2. The molecular weight excluding hydrogens is 300 g/mol. The van der Waals surface area contributed by atoms with Gasteiger partial charge in [0, 0.05) is 39.0 Å². The molecule has 0 radical (unpaired) electrons. The number of hydrogen-bond acceptors (Lipinski definition) is 2. The lowest BCUT2D eigenvalue weighted by Gasteiger charge is -2.30. The molecule has 0 atom stereocenters. The number of carbonyl (C=O) groups excluding carboxylic acids is 2. The van der Waals surface area contributed by atoms with Crippen molar-refractivity contribution >= 4 is 11.8 Å². The van der Waals surface area contributed by atoms with Gasteiger partial charge in [-0.3, -0.25) is 9.59 Å². The summed E-state index contributed by atoms with van der Waals surface area (Å²) in [6.45, 7) is 2.12. The summed E-state index contributed by atoms with van der Waals surface area (Å²) in [5.74, 6) is 0.230. The van der Waals surface area contributed by atoms with Gasteiger partial charge < -0.3 is 9.80 Å². The molecule has 0 spiro atoms. The standard InChI is InChI=1S/C20H22N2O2/c23-19-12-14-22(16-18-9-5-2-6-10-18)20(24)11-13-21(19)15-17-7-3-1-4-8-17/h1-10H,11-16H2. The monoisotopic (exact) mass is 322 g/mol. The summed E-state index contributed by atoms with van der Waals surface area (Å²) in [6, 6.07) is 19.8. The molecule has 2 aromatic carbocycles. The van der Waals surface area contributed by atoms with Gasteiger partial charge in [0.05, 0.1) is 0 Å². The summed E-state index contributed by atoms with van der Waals surface area (Å²) in [4.78, 5) is 28.5. The third-order valence-corrected chi connectivity index (χ3v) is 4.33. The van der Waals surface area contributed by atoms with Crippen molar-refractivity contribution in [3.8, 4) is 0 Å². The molecule has 2 aromatic rings. The van der Waals surface area contributed by atoms with Gasteiger partial charge in [-0.05, 0) is 11.1 Å². The number of nitrogens with zero attached hydrogens (tertiary/aromatic N) is 2. The van der Waals surface area contributed by atoms with Crippen molar-refractivity contribution in [2.24, 2.45) is 0 Å². The maximum atomic E-state index is 12.5. The molecular formula is C20H22N2O2. The molecule has 1 aliphatic heterocycles. The Morgan fingerprint density at radius 2 is 1.00 bits per heavy atom. The van der Waals surface area contributed by atoms with E-state index in [0.29, 0.717) is 39.0 Å². The van der Waals surface area contributed by atoms with Crippen LogP contribution in [0.3, 0.4) is 0 Å². The maximum absolute atomic E-state index is 12.5. The first kappa shape index (κ1) is 16.2. The summed E-state index contributed by atoms with van der Waals surface area (Å²) >= 11 is 0. The molecule has 3 rings (SSSR count). The fraction of sp³-hybridized carbons (Fsp3) is 0.300. The van der Waals surface area contributed by atoms with Crippen LogP contribution in [0.1, 0.15) is 24.0 Å². The van der Waals surface area contributed by atoms with E-state index in [1.807, 2.05) is 60.7 Å². The summed E-state index contributed by atoms with van der Waals surface area (Å²) < 4.78 is 0. The highest BCUT2D eigenvalue weighted by Crippen LogP contribution is 2.14. The fourth-order valence-corrected chi connectivity index (χ4v) is 2.97. The second kappa shape index (κ2) is 7.77. The van der Waals surface area contributed by atoms with E-state index < -0.39 is 0 Å². The zero-order valence-corrected chi connectivity index (χ0v) is 13.7. The summed E-state index contributed by atoms with van der Waals surface area (Å²) in [5.41, 5.74) is 2.19.